The summed E-state index contributed by atoms with van der Waals surface area (Å²) in [6.07, 6.45) is 2.82. The maximum absolute atomic E-state index is 12.2. The first kappa shape index (κ1) is 13.2. The second kappa shape index (κ2) is 4.98. The lowest BCUT2D eigenvalue weighted by molar-refractivity contribution is 0.0979. The van der Waals surface area contributed by atoms with Crippen LogP contribution in [0.15, 0.2) is 48.3 Å². The number of pyridine rings is 1. The lowest BCUT2D eigenvalue weighted by Crippen LogP contribution is -2.24. The predicted octanol–water partition coefficient (Wildman–Crippen LogP) is 2.54. The summed E-state index contributed by atoms with van der Waals surface area (Å²) in [6.45, 7) is 2.01. The van der Waals surface area contributed by atoms with E-state index in [1.165, 1.54) is 12.3 Å². The number of nitrogens with one attached hydrogen (secondary N) is 1. The van der Waals surface area contributed by atoms with Gasteiger partial charge in [-0.15, -0.1) is 0 Å². The van der Waals surface area contributed by atoms with Crippen LogP contribution < -0.4 is 5.32 Å². The number of hydrogen-bond acceptors (Lipinski definition) is 4. The van der Waals surface area contributed by atoms with Gasteiger partial charge in [-0.1, -0.05) is 29.8 Å². The number of allylic oxidation sites excluding steroid dienone is 2. The van der Waals surface area contributed by atoms with Crippen molar-refractivity contribution in [3.63, 3.8) is 0 Å². The topological polar surface area (TPSA) is 59.1 Å². The molecular formula is C17H14N2O2. The maximum atomic E-state index is 12.2. The first-order chi connectivity index (χ1) is 10.1. The van der Waals surface area contributed by atoms with Crippen molar-refractivity contribution >= 4 is 11.6 Å². The van der Waals surface area contributed by atoms with Gasteiger partial charge in [0, 0.05) is 30.4 Å². The van der Waals surface area contributed by atoms with E-state index in [0.717, 1.165) is 11.1 Å². The lowest BCUT2D eigenvalue weighted by Gasteiger charge is -2.15. The molecule has 0 saturated carbocycles. The molecule has 2 aromatic rings. The van der Waals surface area contributed by atoms with Crippen molar-refractivity contribution < 1.29 is 9.59 Å². The van der Waals surface area contributed by atoms with Crippen molar-refractivity contribution in [3.8, 4) is 11.3 Å². The third-order valence-electron chi connectivity index (χ3n) is 3.55. The van der Waals surface area contributed by atoms with E-state index in [-0.39, 0.29) is 11.6 Å². The Morgan fingerprint density at radius 2 is 1.76 bits per heavy atom. The average molecular weight is 278 g/mol. The smallest absolute Gasteiger partial charge is 0.211 e. The number of nitrogens with zero attached hydrogens (tertiary/aromatic N) is 1. The number of Topliss-reactive ketones (excluding diaryl/α,β-unsaturated/α-hetero) is 1. The Balaban J connectivity index is 2.09. The van der Waals surface area contributed by atoms with E-state index in [0.29, 0.717) is 22.5 Å². The number of rotatable bonds is 2. The van der Waals surface area contributed by atoms with E-state index >= 15 is 0 Å². The minimum atomic E-state index is -0.199. The van der Waals surface area contributed by atoms with Gasteiger partial charge in [-0.3, -0.25) is 14.6 Å². The van der Waals surface area contributed by atoms with Gasteiger partial charge in [0.15, 0.2) is 5.78 Å². The molecule has 1 aromatic heterocycles. The van der Waals surface area contributed by atoms with Crippen LogP contribution in [0.1, 0.15) is 26.3 Å². The highest BCUT2D eigenvalue weighted by molar-refractivity contribution is 6.24. The van der Waals surface area contributed by atoms with Crippen LogP contribution in [0.5, 0.6) is 0 Å². The summed E-state index contributed by atoms with van der Waals surface area (Å²) in [6, 6.07) is 9.57. The van der Waals surface area contributed by atoms with Gasteiger partial charge in [0.25, 0.3) is 0 Å². The molecule has 0 bridgehead atoms. The highest BCUT2D eigenvalue weighted by atomic mass is 16.1. The van der Waals surface area contributed by atoms with Gasteiger partial charge in [0.2, 0.25) is 5.78 Å². The molecule has 1 aromatic carbocycles. The van der Waals surface area contributed by atoms with Crippen molar-refractivity contribution in [2.24, 2.45) is 0 Å². The summed E-state index contributed by atoms with van der Waals surface area (Å²) < 4.78 is 0. The molecule has 1 heterocycles. The normalized spacial score (nSPS) is 13.7. The van der Waals surface area contributed by atoms with Gasteiger partial charge in [0.05, 0.1) is 17.0 Å². The van der Waals surface area contributed by atoms with E-state index in [1.54, 1.807) is 13.1 Å². The Bertz CT molecular complexity index is 774. The molecule has 0 atom stereocenters. The predicted molar refractivity (Wildman–Crippen MR) is 80.2 cm³/mol. The number of ketones is 2. The molecule has 0 radical (unpaired) electrons. The zero-order valence-corrected chi connectivity index (χ0v) is 11.8. The molecule has 4 nitrogen and oxygen atoms in total. The second-order valence-electron chi connectivity index (χ2n) is 4.98. The molecular weight excluding hydrogens is 264 g/mol. The lowest BCUT2D eigenvalue weighted by atomic mass is 9.93. The minimum Gasteiger partial charge on any atom is -0.385 e. The van der Waals surface area contributed by atoms with Crippen molar-refractivity contribution in [3.05, 3.63) is 65.0 Å². The van der Waals surface area contributed by atoms with Crippen LogP contribution in [-0.2, 0) is 0 Å². The Kier molecular flexibility index (Phi) is 3.14. The molecule has 104 valence electrons. The van der Waals surface area contributed by atoms with Crippen LogP contribution in [0.3, 0.4) is 0 Å². The summed E-state index contributed by atoms with van der Waals surface area (Å²) >= 11 is 0. The quantitative estimate of drug-likeness (QED) is 0.917. The Labute approximate surface area is 122 Å². The first-order valence-electron chi connectivity index (χ1n) is 6.65. The largest absolute Gasteiger partial charge is 0.385 e. The van der Waals surface area contributed by atoms with Crippen LogP contribution in [0.2, 0.25) is 0 Å². The molecule has 0 aliphatic heterocycles. The molecule has 1 aliphatic rings. The summed E-state index contributed by atoms with van der Waals surface area (Å²) in [5.41, 5.74) is 3.83. The van der Waals surface area contributed by atoms with Crippen LogP contribution in [0.25, 0.3) is 11.3 Å². The zero-order valence-electron chi connectivity index (χ0n) is 11.8. The summed E-state index contributed by atoms with van der Waals surface area (Å²) in [7, 11) is 1.62. The third-order valence-corrected chi connectivity index (χ3v) is 3.55. The van der Waals surface area contributed by atoms with Crippen molar-refractivity contribution in [1.29, 1.82) is 0 Å². The number of benzene rings is 1. The summed E-state index contributed by atoms with van der Waals surface area (Å²) in [4.78, 5) is 28.6. The van der Waals surface area contributed by atoms with Crippen LogP contribution in [0, 0.1) is 6.92 Å². The molecule has 0 saturated heterocycles. The van der Waals surface area contributed by atoms with Crippen LogP contribution in [-0.4, -0.2) is 23.6 Å². The van der Waals surface area contributed by atoms with Crippen LogP contribution >= 0.6 is 0 Å². The molecule has 1 aliphatic carbocycles. The zero-order chi connectivity index (χ0) is 15.0. The SMILES string of the molecule is CNC1=CC(=O)c2cc(-c3ccc(C)cc3)ncc2C1=O. The summed E-state index contributed by atoms with van der Waals surface area (Å²) in [5.74, 6) is -0.375. The molecule has 0 spiro atoms. The third kappa shape index (κ3) is 2.25. The van der Waals surface area contributed by atoms with E-state index in [1.807, 2.05) is 31.2 Å². The Morgan fingerprint density at radius 3 is 2.43 bits per heavy atom. The molecule has 3 rings (SSSR count). The maximum Gasteiger partial charge on any atom is 0.211 e. The number of carbonyl (C=O) groups is 2. The van der Waals surface area contributed by atoms with E-state index in [4.69, 9.17) is 0 Å². The second-order valence-corrected chi connectivity index (χ2v) is 4.98. The number of fused-ring (bicyclic) bond motifs is 1. The fourth-order valence-electron chi connectivity index (χ4n) is 2.33. The molecule has 0 unspecified atom stereocenters. The van der Waals surface area contributed by atoms with Gasteiger partial charge in [0.1, 0.15) is 0 Å². The number of aromatic nitrogens is 1. The number of likely N-dealkylation sites (N-methyl/N-ethyl adjacent to an activating group) is 1. The van der Waals surface area contributed by atoms with Crippen molar-refractivity contribution in [2.75, 3.05) is 7.05 Å². The molecule has 0 fully saturated rings. The number of aryl methyl sites for hydroxylation is 1. The van der Waals surface area contributed by atoms with Gasteiger partial charge in [-0.05, 0) is 13.0 Å². The van der Waals surface area contributed by atoms with E-state index in [2.05, 4.69) is 10.3 Å². The molecule has 0 amide bonds. The van der Waals surface area contributed by atoms with Gasteiger partial charge in [-0.25, -0.2) is 0 Å². The highest BCUT2D eigenvalue weighted by Gasteiger charge is 2.25. The number of hydrogen-bond donors (Lipinski definition) is 1. The van der Waals surface area contributed by atoms with Crippen molar-refractivity contribution in [1.82, 2.24) is 10.3 Å². The van der Waals surface area contributed by atoms with Crippen molar-refractivity contribution in [2.45, 2.75) is 6.92 Å². The van der Waals surface area contributed by atoms with Crippen LogP contribution in [0.4, 0.5) is 0 Å². The Morgan fingerprint density at radius 1 is 1.05 bits per heavy atom. The standard InChI is InChI=1S/C17H14N2O2/c1-10-3-5-11(6-4-10)14-7-12-13(9-19-14)17(21)15(18-2)8-16(12)20/h3-9,18H,1-2H3. The fourth-order valence-corrected chi connectivity index (χ4v) is 2.33. The number of carbonyl (C=O) groups excluding carboxylic acids is 2. The first-order valence-corrected chi connectivity index (χ1v) is 6.65. The molecule has 1 N–H and O–H groups in total. The van der Waals surface area contributed by atoms with E-state index < -0.39 is 0 Å². The van der Waals surface area contributed by atoms with Gasteiger partial charge < -0.3 is 5.32 Å². The minimum absolute atomic E-state index is 0.176. The molecule has 21 heavy (non-hydrogen) atoms. The summed E-state index contributed by atoms with van der Waals surface area (Å²) in [5, 5.41) is 2.74. The van der Waals surface area contributed by atoms with Gasteiger partial charge in [-0.2, -0.15) is 0 Å². The fraction of sp³-hybridized carbons (Fsp3) is 0.118. The van der Waals surface area contributed by atoms with Gasteiger partial charge >= 0.3 is 0 Å². The molecule has 4 heteroatoms. The highest BCUT2D eigenvalue weighted by Crippen LogP contribution is 2.25. The average Bonchev–Trinajstić information content (AvgIpc) is 2.51. The Hall–Kier alpha value is -2.75. The monoisotopic (exact) mass is 278 g/mol. The van der Waals surface area contributed by atoms with E-state index in [9.17, 15) is 9.59 Å².